The first-order chi connectivity index (χ1) is 9.15. The van der Waals surface area contributed by atoms with Crippen LogP contribution in [0.3, 0.4) is 0 Å². The highest BCUT2D eigenvalue weighted by Crippen LogP contribution is 2.35. The van der Waals surface area contributed by atoms with E-state index < -0.39 is 0 Å². The van der Waals surface area contributed by atoms with Gasteiger partial charge in [0.2, 0.25) is 0 Å². The lowest BCUT2D eigenvalue weighted by atomic mass is 9.94. The molecular weight excluding hydrogens is 238 g/mol. The number of nitrogens with zero attached hydrogens (tertiary/aromatic N) is 1. The van der Waals surface area contributed by atoms with Crippen LogP contribution in [0.15, 0.2) is 36.7 Å². The Morgan fingerprint density at radius 3 is 2.89 bits per heavy atom. The highest BCUT2D eigenvalue weighted by molar-refractivity contribution is 6.00. The van der Waals surface area contributed by atoms with Gasteiger partial charge in [-0.25, -0.2) is 0 Å². The van der Waals surface area contributed by atoms with Crippen LogP contribution in [-0.4, -0.2) is 10.8 Å². The number of benzene rings is 1. The molecule has 0 saturated carbocycles. The third-order valence-electron chi connectivity index (χ3n) is 3.50. The number of aromatic nitrogens is 1. The molecule has 2 aromatic rings. The van der Waals surface area contributed by atoms with Gasteiger partial charge in [0.05, 0.1) is 12.0 Å². The van der Waals surface area contributed by atoms with Crippen molar-refractivity contribution in [2.75, 3.05) is 0 Å². The number of carbonyl (C=O) groups excluding carboxylic acids is 1. The smallest absolute Gasteiger partial charge is 0.170 e. The molecule has 3 rings (SSSR count). The van der Waals surface area contributed by atoms with Gasteiger partial charge in [-0.2, -0.15) is 0 Å². The van der Waals surface area contributed by atoms with E-state index in [0.717, 1.165) is 16.7 Å². The Balaban J connectivity index is 2.00. The van der Waals surface area contributed by atoms with Crippen LogP contribution in [0.1, 0.15) is 39.6 Å². The molecular formula is C16H15NO2. The van der Waals surface area contributed by atoms with Crippen molar-refractivity contribution < 1.29 is 9.53 Å². The van der Waals surface area contributed by atoms with Gasteiger partial charge in [-0.1, -0.05) is 11.6 Å². The molecule has 3 nitrogen and oxygen atoms in total. The van der Waals surface area contributed by atoms with Crippen molar-refractivity contribution in [3.05, 3.63) is 58.9 Å². The van der Waals surface area contributed by atoms with Crippen LogP contribution in [0.5, 0.6) is 5.75 Å². The van der Waals surface area contributed by atoms with Gasteiger partial charge in [-0.3, -0.25) is 9.78 Å². The summed E-state index contributed by atoms with van der Waals surface area (Å²) in [5.74, 6) is 0.813. The zero-order chi connectivity index (χ0) is 13.4. The Hall–Kier alpha value is -2.16. The molecule has 0 fully saturated rings. The molecule has 0 aliphatic carbocycles. The van der Waals surface area contributed by atoms with Crippen molar-refractivity contribution in [2.45, 2.75) is 26.4 Å². The molecule has 1 atom stereocenters. The standard InChI is InChI=1S/C16H15NO2/c1-10-3-4-15-12(7-10)14(18)8-16(19-15)13-9-17-6-5-11(13)2/h3-7,9,16H,8H2,1-2H3. The van der Waals surface area contributed by atoms with Crippen LogP contribution in [0.4, 0.5) is 0 Å². The number of hydrogen-bond acceptors (Lipinski definition) is 3. The first-order valence-corrected chi connectivity index (χ1v) is 6.36. The fourth-order valence-electron chi connectivity index (χ4n) is 2.42. The number of ketones is 1. The number of aryl methyl sites for hydroxylation is 2. The lowest BCUT2D eigenvalue weighted by Gasteiger charge is -2.26. The highest BCUT2D eigenvalue weighted by Gasteiger charge is 2.28. The second-order valence-electron chi connectivity index (χ2n) is 4.97. The summed E-state index contributed by atoms with van der Waals surface area (Å²) in [4.78, 5) is 16.4. The molecule has 3 heteroatoms. The number of pyridine rings is 1. The van der Waals surface area contributed by atoms with Crippen molar-refractivity contribution in [3.63, 3.8) is 0 Å². The Morgan fingerprint density at radius 1 is 1.26 bits per heavy atom. The van der Waals surface area contributed by atoms with Crippen molar-refractivity contribution in [1.29, 1.82) is 0 Å². The van der Waals surface area contributed by atoms with Crippen molar-refractivity contribution >= 4 is 5.78 Å². The van der Waals surface area contributed by atoms with E-state index in [-0.39, 0.29) is 11.9 Å². The van der Waals surface area contributed by atoms with Crippen LogP contribution in [-0.2, 0) is 0 Å². The first kappa shape index (κ1) is 11.9. The largest absolute Gasteiger partial charge is 0.484 e. The Kier molecular flexibility index (Phi) is 2.82. The van der Waals surface area contributed by atoms with E-state index in [0.29, 0.717) is 17.7 Å². The zero-order valence-corrected chi connectivity index (χ0v) is 11.0. The molecule has 0 amide bonds. The molecule has 0 spiro atoms. The zero-order valence-electron chi connectivity index (χ0n) is 11.0. The van der Waals surface area contributed by atoms with E-state index in [1.54, 1.807) is 12.4 Å². The molecule has 0 bridgehead atoms. The Labute approximate surface area is 112 Å². The Bertz CT molecular complexity index is 649. The average Bonchev–Trinajstić information content (AvgIpc) is 2.40. The van der Waals surface area contributed by atoms with Crippen molar-refractivity contribution in [1.82, 2.24) is 4.98 Å². The number of hydrogen-bond donors (Lipinski definition) is 0. The normalized spacial score (nSPS) is 17.8. The fourth-order valence-corrected chi connectivity index (χ4v) is 2.42. The number of rotatable bonds is 1. The summed E-state index contributed by atoms with van der Waals surface area (Å²) in [6, 6.07) is 7.67. The minimum absolute atomic E-state index is 0.137. The summed E-state index contributed by atoms with van der Waals surface area (Å²) in [6.07, 6.45) is 3.69. The monoisotopic (exact) mass is 253 g/mol. The van der Waals surface area contributed by atoms with Crippen LogP contribution in [0, 0.1) is 13.8 Å². The summed E-state index contributed by atoms with van der Waals surface area (Å²) in [7, 11) is 0. The van der Waals surface area contributed by atoms with E-state index in [2.05, 4.69) is 4.98 Å². The molecule has 19 heavy (non-hydrogen) atoms. The summed E-state index contributed by atoms with van der Waals surface area (Å²) >= 11 is 0. The van der Waals surface area contributed by atoms with Crippen LogP contribution < -0.4 is 4.74 Å². The minimum atomic E-state index is -0.226. The number of carbonyl (C=O) groups is 1. The average molecular weight is 253 g/mol. The third kappa shape index (κ3) is 2.12. The molecule has 1 aromatic heterocycles. The maximum atomic E-state index is 12.2. The second kappa shape index (κ2) is 4.50. The third-order valence-corrected chi connectivity index (χ3v) is 3.50. The number of fused-ring (bicyclic) bond motifs is 1. The first-order valence-electron chi connectivity index (χ1n) is 6.36. The molecule has 0 N–H and O–H groups in total. The summed E-state index contributed by atoms with van der Waals surface area (Å²) in [5.41, 5.74) is 3.86. The van der Waals surface area contributed by atoms with E-state index >= 15 is 0 Å². The highest BCUT2D eigenvalue weighted by atomic mass is 16.5. The van der Waals surface area contributed by atoms with Gasteiger partial charge in [0.15, 0.2) is 5.78 Å². The Morgan fingerprint density at radius 2 is 2.11 bits per heavy atom. The number of Topliss-reactive ketones (excluding diaryl/α,β-unsaturated/α-hetero) is 1. The lowest BCUT2D eigenvalue weighted by molar-refractivity contribution is 0.0849. The van der Waals surface area contributed by atoms with E-state index in [9.17, 15) is 4.79 Å². The van der Waals surface area contributed by atoms with Crippen molar-refractivity contribution in [3.8, 4) is 5.75 Å². The molecule has 96 valence electrons. The molecule has 1 aliphatic heterocycles. The predicted molar refractivity (Wildman–Crippen MR) is 72.5 cm³/mol. The molecule has 1 aromatic carbocycles. The minimum Gasteiger partial charge on any atom is -0.484 e. The predicted octanol–water partition coefficient (Wildman–Crippen LogP) is 3.40. The summed E-state index contributed by atoms with van der Waals surface area (Å²) in [5, 5.41) is 0. The fraction of sp³-hybridized carbons (Fsp3) is 0.250. The quantitative estimate of drug-likeness (QED) is 0.781. The molecule has 1 aliphatic rings. The van der Waals surface area contributed by atoms with Crippen molar-refractivity contribution in [2.24, 2.45) is 0 Å². The van der Waals surface area contributed by atoms with Gasteiger partial charge >= 0.3 is 0 Å². The molecule has 0 saturated heterocycles. The van der Waals surface area contributed by atoms with Gasteiger partial charge in [0.1, 0.15) is 11.9 Å². The topological polar surface area (TPSA) is 39.2 Å². The van der Waals surface area contributed by atoms with Gasteiger partial charge in [0.25, 0.3) is 0 Å². The van der Waals surface area contributed by atoms with Gasteiger partial charge in [-0.05, 0) is 37.6 Å². The molecule has 0 radical (unpaired) electrons. The van der Waals surface area contributed by atoms with Crippen LogP contribution >= 0.6 is 0 Å². The van der Waals surface area contributed by atoms with E-state index in [1.165, 1.54) is 0 Å². The van der Waals surface area contributed by atoms with E-state index in [1.807, 2.05) is 38.1 Å². The van der Waals surface area contributed by atoms with E-state index in [4.69, 9.17) is 4.74 Å². The van der Waals surface area contributed by atoms with Crippen LogP contribution in [0.25, 0.3) is 0 Å². The maximum absolute atomic E-state index is 12.2. The van der Waals surface area contributed by atoms with Crippen LogP contribution in [0.2, 0.25) is 0 Å². The maximum Gasteiger partial charge on any atom is 0.170 e. The molecule has 1 unspecified atom stereocenters. The van der Waals surface area contributed by atoms with Gasteiger partial charge < -0.3 is 4.74 Å². The molecule has 2 heterocycles. The van der Waals surface area contributed by atoms with Gasteiger partial charge in [-0.15, -0.1) is 0 Å². The van der Waals surface area contributed by atoms with Gasteiger partial charge in [0, 0.05) is 18.0 Å². The summed E-state index contributed by atoms with van der Waals surface area (Å²) < 4.78 is 5.96. The second-order valence-corrected chi connectivity index (χ2v) is 4.97. The number of ether oxygens (including phenoxy) is 1. The summed E-state index contributed by atoms with van der Waals surface area (Å²) in [6.45, 7) is 3.99. The SMILES string of the molecule is Cc1ccc2c(c1)C(=O)CC(c1cnccc1C)O2. The lowest BCUT2D eigenvalue weighted by Crippen LogP contribution is -2.21.